The van der Waals surface area contributed by atoms with Crippen molar-refractivity contribution in [3.63, 3.8) is 0 Å². The van der Waals surface area contributed by atoms with Crippen molar-refractivity contribution in [1.82, 2.24) is 14.0 Å². The lowest BCUT2D eigenvalue weighted by atomic mass is 10.1. The van der Waals surface area contributed by atoms with Crippen LogP contribution in [0.25, 0.3) is 28.1 Å². The zero-order chi connectivity index (χ0) is 17.1. The molecule has 4 rings (SSSR count). The molecule has 0 aliphatic rings. The summed E-state index contributed by atoms with van der Waals surface area (Å²) >= 11 is 0. The predicted molar refractivity (Wildman–Crippen MR) is 112 cm³/mol. The molecule has 2 aromatic carbocycles. The number of imidazole rings is 2. The Kier molecular flexibility index (Phi) is 6.00. The summed E-state index contributed by atoms with van der Waals surface area (Å²) in [7, 11) is 0. The van der Waals surface area contributed by atoms with Crippen LogP contribution < -0.4 is 0 Å². The largest absolute Gasteiger partial charge is 0.310 e. The van der Waals surface area contributed by atoms with Crippen LogP contribution >= 0.6 is 12.4 Å². The minimum atomic E-state index is 0. The van der Waals surface area contributed by atoms with Gasteiger partial charge >= 0.3 is 0 Å². The SMILES string of the molecule is CCCCCCCn1c2ccccc2n2cc(-c3ccccc3)nc12.Cl. The lowest BCUT2D eigenvalue weighted by Crippen LogP contribution is -1.99. The Morgan fingerprint density at radius 2 is 1.50 bits per heavy atom. The second kappa shape index (κ2) is 8.41. The van der Waals surface area contributed by atoms with Crippen LogP contribution in [0.1, 0.15) is 39.0 Å². The summed E-state index contributed by atoms with van der Waals surface area (Å²) in [5, 5.41) is 0. The number of fused-ring (bicyclic) bond motifs is 3. The van der Waals surface area contributed by atoms with Crippen molar-refractivity contribution in [1.29, 1.82) is 0 Å². The van der Waals surface area contributed by atoms with Gasteiger partial charge in [-0.05, 0) is 18.6 Å². The fourth-order valence-electron chi connectivity index (χ4n) is 3.58. The third-order valence-electron chi connectivity index (χ3n) is 4.92. The maximum Gasteiger partial charge on any atom is 0.215 e. The van der Waals surface area contributed by atoms with Gasteiger partial charge in [0.25, 0.3) is 0 Å². The van der Waals surface area contributed by atoms with Crippen LogP contribution in [0, 0.1) is 0 Å². The van der Waals surface area contributed by atoms with E-state index in [1.165, 1.54) is 48.7 Å². The molecular formula is C22H26ClN3. The van der Waals surface area contributed by atoms with Crippen LogP contribution in [-0.4, -0.2) is 14.0 Å². The Morgan fingerprint density at radius 1 is 0.808 bits per heavy atom. The summed E-state index contributed by atoms with van der Waals surface area (Å²) in [6.45, 7) is 3.30. The van der Waals surface area contributed by atoms with Gasteiger partial charge in [0.2, 0.25) is 5.78 Å². The Morgan fingerprint density at radius 3 is 2.27 bits per heavy atom. The minimum Gasteiger partial charge on any atom is -0.310 e. The topological polar surface area (TPSA) is 22.2 Å². The van der Waals surface area contributed by atoms with E-state index in [1.807, 2.05) is 6.07 Å². The Hall–Kier alpha value is -2.26. The number of unbranched alkanes of at least 4 members (excludes halogenated alkanes) is 4. The van der Waals surface area contributed by atoms with Crippen LogP contribution in [0.15, 0.2) is 60.8 Å². The molecule has 0 radical (unpaired) electrons. The second-order valence-electron chi connectivity index (χ2n) is 6.72. The van der Waals surface area contributed by atoms with E-state index < -0.39 is 0 Å². The number of halogens is 1. The first-order chi connectivity index (χ1) is 12.4. The summed E-state index contributed by atoms with van der Waals surface area (Å²) < 4.78 is 4.62. The fourth-order valence-corrected chi connectivity index (χ4v) is 3.58. The third-order valence-corrected chi connectivity index (χ3v) is 4.92. The first-order valence-corrected chi connectivity index (χ1v) is 9.40. The molecule has 0 spiro atoms. The monoisotopic (exact) mass is 367 g/mol. The number of hydrogen-bond donors (Lipinski definition) is 0. The molecule has 0 fully saturated rings. The number of aryl methyl sites for hydroxylation is 1. The molecule has 0 amide bonds. The summed E-state index contributed by atoms with van der Waals surface area (Å²) in [6, 6.07) is 19.1. The fraction of sp³-hybridized carbons (Fsp3) is 0.318. The predicted octanol–water partition coefficient (Wildman–Crippen LogP) is 6.35. The minimum absolute atomic E-state index is 0. The molecule has 2 heterocycles. The number of benzene rings is 2. The Bertz CT molecular complexity index is 969. The highest BCUT2D eigenvalue weighted by atomic mass is 35.5. The maximum atomic E-state index is 4.96. The molecule has 136 valence electrons. The van der Waals surface area contributed by atoms with Gasteiger partial charge in [0.05, 0.1) is 16.7 Å². The van der Waals surface area contributed by atoms with Crippen LogP contribution in [-0.2, 0) is 6.54 Å². The average molecular weight is 368 g/mol. The van der Waals surface area contributed by atoms with Gasteiger partial charge in [-0.3, -0.25) is 4.40 Å². The molecule has 0 atom stereocenters. The van der Waals surface area contributed by atoms with E-state index in [1.54, 1.807) is 0 Å². The Labute approximate surface area is 161 Å². The smallest absolute Gasteiger partial charge is 0.215 e. The van der Waals surface area contributed by atoms with E-state index in [2.05, 4.69) is 70.6 Å². The van der Waals surface area contributed by atoms with E-state index in [9.17, 15) is 0 Å². The van der Waals surface area contributed by atoms with Crippen LogP contribution in [0.3, 0.4) is 0 Å². The van der Waals surface area contributed by atoms with Crippen LogP contribution in [0.5, 0.6) is 0 Å². The number of rotatable bonds is 7. The van der Waals surface area contributed by atoms with Gasteiger partial charge in [0.1, 0.15) is 0 Å². The maximum absolute atomic E-state index is 4.96. The molecule has 0 aliphatic carbocycles. The van der Waals surface area contributed by atoms with Crippen molar-refractivity contribution in [3.8, 4) is 11.3 Å². The van der Waals surface area contributed by atoms with E-state index >= 15 is 0 Å². The number of hydrogen-bond acceptors (Lipinski definition) is 1. The summed E-state index contributed by atoms with van der Waals surface area (Å²) in [6.07, 6.45) is 8.62. The standard InChI is InChI=1S/C22H25N3.ClH/c1-2-3-4-5-11-16-24-20-14-9-10-15-21(20)25-17-19(23-22(24)25)18-12-7-6-8-13-18;/h6-10,12-15,17H,2-5,11,16H2,1H3;1H. The van der Waals surface area contributed by atoms with Gasteiger partial charge in [-0.2, -0.15) is 0 Å². The number of nitrogens with zero attached hydrogens (tertiary/aromatic N) is 3. The molecule has 0 saturated carbocycles. The number of aromatic nitrogens is 3. The molecule has 0 unspecified atom stereocenters. The second-order valence-corrected chi connectivity index (χ2v) is 6.72. The molecule has 0 aliphatic heterocycles. The quantitative estimate of drug-likeness (QED) is 0.349. The van der Waals surface area contributed by atoms with Crippen LogP contribution in [0.4, 0.5) is 0 Å². The average Bonchev–Trinajstić information content (AvgIpc) is 3.21. The van der Waals surface area contributed by atoms with Gasteiger partial charge in [0.15, 0.2) is 0 Å². The summed E-state index contributed by atoms with van der Waals surface area (Å²) in [4.78, 5) is 4.96. The first kappa shape index (κ1) is 18.5. The van der Waals surface area contributed by atoms with Crippen molar-refractivity contribution in [2.24, 2.45) is 0 Å². The van der Waals surface area contributed by atoms with Crippen molar-refractivity contribution in [2.45, 2.75) is 45.6 Å². The van der Waals surface area contributed by atoms with E-state index in [4.69, 9.17) is 4.98 Å². The van der Waals surface area contributed by atoms with Gasteiger partial charge < -0.3 is 4.57 Å². The lowest BCUT2D eigenvalue weighted by molar-refractivity contribution is 0.581. The van der Waals surface area contributed by atoms with Crippen LogP contribution in [0.2, 0.25) is 0 Å². The molecule has 0 bridgehead atoms. The zero-order valence-electron chi connectivity index (χ0n) is 15.3. The molecular weight excluding hydrogens is 342 g/mol. The summed E-state index contributed by atoms with van der Waals surface area (Å²) in [5.41, 5.74) is 4.73. The molecule has 4 aromatic rings. The van der Waals surface area contributed by atoms with Crippen molar-refractivity contribution in [3.05, 3.63) is 60.8 Å². The van der Waals surface area contributed by atoms with Crippen molar-refractivity contribution >= 4 is 29.2 Å². The van der Waals surface area contributed by atoms with Gasteiger partial charge in [-0.1, -0.05) is 75.1 Å². The normalized spacial score (nSPS) is 11.1. The zero-order valence-corrected chi connectivity index (χ0v) is 16.1. The van der Waals surface area contributed by atoms with Crippen molar-refractivity contribution in [2.75, 3.05) is 0 Å². The van der Waals surface area contributed by atoms with E-state index in [0.717, 1.165) is 18.0 Å². The summed E-state index contributed by atoms with van der Waals surface area (Å²) in [5.74, 6) is 1.05. The number of para-hydroxylation sites is 2. The Balaban J connectivity index is 0.00000196. The van der Waals surface area contributed by atoms with Gasteiger partial charge in [-0.15, -0.1) is 12.4 Å². The highest BCUT2D eigenvalue weighted by molar-refractivity contribution is 5.85. The molecule has 0 saturated heterocycles. The van der Waals surface area contributed by atoms with Gasteiger partial charge in [0, 0.05) is 18.3 Å². The lowest BCUT2D eigenvalue weighted by Gasteiger charge is -2.05. The molecule has 4 heteroatoms. The third kappa shape index (κ3) is 3.49. The van der Waals surface area contributed by atoms with E-state index in [0.29, 0.717) is 0 Å². The highest BCUT2D eigenvalue weighted by Gasteiger charge is 2.14. The molecule has 3 nitrogen and oxygen atoms in total. The van der Waals surface area contributed by atoms with Gasteiger partial charge in [-0.25, -0.2) is 4.98 Å². The van der Waals surface area contributed by atoms with E-state index in [-0.39, 0.29) is 12.4 Å². The molecule has 0 N–H and O–H groups in total. The molecule has 2 aromatic heterocycles. The highest BCUT2D eigenvalue weighted by Crippen LogP contribution is 2.26. The van der Waals surface area contributed by atoms with Crippen molar-refractivity contribution < 1.29 is 0 Å². The molecule has 26 heavy (non-hydrogen) atoms. The first-order valence-electron chi connectivity index (χ1n) is 9.40.